The summed E-state index contributed by atoms with van der Waals surface area (Å²) in [5.74, 6) is 4.49. The number of nitrogens with zero attached hydrogens (tertiary/aromatic N) is 7. The van der Waals surface area contributed by atoms with E-state index >= 15 is 0 Å². The van der Waals surface area contributed by atoms with Crippen LogP contribution in [-0.4, -0.2) is 95.3 Å². The lowest BCUT2D eigenvalue weighted by Crippen LogP contribution is -2.41. The van der Waals surface area contributed by atoms with E-state index in [0.29, 0.717) is 36.0 Å². The number of allylic oxidation sites excluding steroid dienone is 1. The fourth-order valence-corrected chi connectivity index (χ4v) is 10.1. The Bertz CT molecular complexity index is 2970. The Labute approximate surface area is 425 Å². The van der Waals surface area contributed by atoms with E-state index in [1.54, 1.807) is 33.6 Å². The van der Waals surface area contributed by atoms with Gasteiger partial charge < -0.3 is 28.4 Å². The molecular weight excluding hydrogens is 903 g/mol. The molecule has 13 heteroatoms. The van der Waals surface area contributed by atoms with Crippen LogP contribution in [0.2, 0.25) is 0 Å². The van der Waals surface area contributed by atoms with Gasteiger partial charge in [0.2, 0.25) is 11.8 Å². The van der Waals surface area contributed by atoms with E-state index in [2.05, 4.69) is 74.8 Å². The SMILES string of the molecule is C=C[C@H](CC)C(C)CCN(C)[C@H](C)[C@H](Oc1nc(OC(C)c2ccnc3ccc(OC)cc23)cc(O[C@H](CN2CCC(C)[C@@H](C=C)C2)c2ccnc3ccc(OC)cc23)n1)c1ccnc2ccc(OC)cc12. The molecule has 3 aromatic carbocycles. The van der Waals surface area contributed by atoms with Crippen LogP contribution in [0.3, 0.4) is 0 Å². The van der Waals surface area contributed by atoms with Crippen LogP contribution in [-0.2, 0) is 0 Å². The Balaban J connectivity index is 1.24. The molecule has 5 heterocycles. The number of hydrogen-bond acceptors (Lipinski definition) is 13. The first kappa shape index (κ1) is 51.5. The summed E-state index contributed by atoms with van der Waals surface area (Å²) in [7, 11) is 7.15. The normalized spacial score (nSPS) is 17.7. The Hall–Kier alpha value is -6.83. The van der Waals surface area contributed by atoms with Gasteiger partial charge in [0.15, 0.2) is 0 Å². The van der Waals surface area contributed by atoms with Gasteiger partial charge in [-0.1, -0.05) is 32.9 Å². The first-order valence-electron chi connectivity index (χ1n) is 25.3. The van der Waals surface area contributed by atoms with E-state index in [9.17, 15) is 0 Å². The van der Waals surface area contributed by atoms with Crippen LogP contribution >= 0.6 is 0 Å². The van der Waals surface area contributed by atoms with Crippen molar-refractivity contribution in [2.75, 3.05) is 54.6 Å². The van der Waals surface area contributed by atoms with Gasteiger partial charge in [-0.15, -0.1) is 13.2 Å². The molecule has 4 aromatic heterocycles. The predicted molar refractivity (Wildman–Crippen MR) is 286 cm³/mol. The number of pyridine rings is 3. The first-order valence-corrected chi connectivity index (χ1v) is 25.3. The summed E-state index contributed by atoms with van der Waals surface area (Å²) >= 11 is 0. The molecule has 0 amide bonds. The summed E-state index contributed by atoms with van der Waals surface area (Å²) in [6.07, 6.45) is 11.1. The third kappa shape index (κ3) is 11.7. The van der Waals surface area contributed by atoms with Gasteiger partial charge in [-0.2, -0.15) is 9.97 Å². The zero-order chi connectivity index (χ0) is 50.9. The number of rotatable bonds is 23. The zero-order valence-electron chi connectivity index (χ0n) is 43.5. The Morgan fingerprint density at radius 3 is 1.81 bits per heavy atom. The second-order valence-electron chi connectivity index (χ2n) is 19.3. The lowest BCUT2D eigenvalue weighted by atomic mass is 9.87. The molecule has 0 N–H and O–H groups in total. The number of piperidine rings is 1. The number of benzene rings is 3. The van der Waals surface area contributed by atoms with Crippen molar-refractivity contribution in [2.45, 2.75) is 78.2 Å². The number of ether oxygens (including phenoxy) is 6. The number of fused-ring (bicyclic) bond motifs is 3. The van der Waals surface area contributed by atoms with Crippen LogP contribution in [0.1, 0.15) is 88.9 Å². The van der Waals surface area contributed by atoms with Gasteiger partial charge in [-0.3, -0.25) is 24.8 Å². The average Bonchev–Trinajstić information content (AvgIpc) is 3.41. The molecule has 378 valence electrons. The maximum absolute atomic E-state index is 7.24. The van der Waals surface area contributed by atoms with Crippen LogP contribution in [0.15, 0.2) is 123 Å². The van der Waals surface area contributed by atoms with Gasteiger partial charge in [-0.05, 0) is 150 Å². The number of hydrogen-bond donors (Lipinski definition) is 0. The molecule has 3 unspecified atom stereocenters. The fourth-order valence-electron chi connectivity index (χ4n) is 10.1. The number of aromatic nitrogens is 5. The van der Waals surface area contributed by atoms with Crippen molar-refractivity contribution in [3.05, 3.63) is 139 Å². The Morgan fingerprint density at radius 2 is 1.25 bits per heavy atom. The largest absolute Gasteiger partial charge is 0.497 e. The molecule has 8 atom stereocenters. The van der Waals surface area contributed by atoms with Gasteiger partial charge >= 0.3 is 6.01 Å². The van der Waals surface area contributed by atoms with Gasteiger partial charge in [0.1, 0.15) is 35.6 Å². The molecule has 72 heavy (non-hydrogen) atoms. The molecule has 1 aliphatic heterocycles. The second-order valence-corrected chi connectivity index (χ2v) is 19.3. The maximum Gasteiger partial charge on any atom is 0.323 e. The van der Waals surface area contributed by atoms with Crippen molar-refractivity contribution in [3.8, 4) is 35.0 Å². The summed E-state index contributed by atoms with van der Waals surface area (Å²) < 4.78 is 38.4. The molecule has 8 rings (SSSR count). The van der Waals surface area contributed by atoms with E-state index in [1.165, 1.54) is 0 Å². The summed E-state index contributed by atoms with van der Waals surface area (Å²) in [4.78, 5) is 29.1. The highest BCUT2D eigenvalue weighted by molar-refractivity contribution is 5.85. The number of likely N-dealkylation sites (tertiary alicyclic amines) is 1. The fraction of sp³-hybridized carbons (Fsp3) is 0.407. The molecule has 0 radical (unpaired) electrons. The maximum atomic E-state index is 7.24. The second kappa shape index (κ2) is 23.6. The molecule has 0 spiro atoms. The standard InChI is InChI=1S/C59H71N7O6/c1-12-41(13-2)37(4)24-29-65(8)39(6)58(48-23-28-62-54-20-17-45(69-11)33-51(48)54)72-59-63-56(70-40(7)46-21-26-60-52-18-15-43(67-9)31-49(46)52)34-57(64-59)71-55(36-66-30-25-38(5)42(14-3)35-66)47-22-27-61-53-19-16-44(68-10)32-50(47)53/h12,14-23,26-28,31-34,37-42,55,58H,1,3,13,24-25,29-30,35-36H2,2,4-11H3/t37?,38?,39-,40?,41-,42+,55-,58+/m1/s1. The van der Waals surface area contributed by atoms with Crippen molar-refractivity contribution in [2.24, 2.45) is 23.7 Å². The van der Waals surface area contributed by atoms with E-state index in [-0.39, 0.29) is 23.8 Å². The zero-order valence-corrected chi connectivity index (χ0v) is 43.5. The molecule has 1 fully saturated rings. The lowest BCUT2D eigenvalue weighted by Gasteiger charge is -2.37. The first-order chi connectivity index (χ1) is 34.9. The van der Waals surface area contributed by atoms with Crippen molar-refractivity contribution in [1.82, 2.24) is 34.7 Å². The molecule has 0 saturated carbocycles. The highest BCUT2D eigenvalue weighted by Gasteiger charge is 2.32. The number of likely N-dealkylation sites (N-methyl/N-ethyl adjacent to an activating group) is 1. The molecule has 0 aliphatic carbocycles. The van der Waals surface area contributed by atoms with Gasteiger partial charge in [0, 0.05) is 70.6 Å². The molecule has 13 nitrogen and oxygen atoms in total. The highest BCUT2D eigenvalue weighted by atomic mass is 16.5. The number of methoxy groups -OCH3 is 3. The summed E-state index contributed by atoms with van der Waals surface area (Å²) in [6.45, 7) is 22.5. The van der Waals surface area contributed by atoms with Crippen LogP contribution < -0.4 is 28.4 Å². The lowest BCUT2D eigenvalue weighted by molar-refractivity contribution is 0.0732. The minimum absolute atomic E-state index is 0.0960. The molecular formula is C59H71N7O6. The van der Waals surface area contributed by atoms with Crippen LogP contribution in [0.5, 0.6) is 35.0 Å². The van der Waals surface area contributed by atoms with E-state index in [4.69, 9.17) is 48.4 Å². The molecule has 1 saturated heterocycles. The summed E-state index contributed by atoms with van der Waals surface area (Å²) in [6, 6.07) is 25.4. The van der Waals surface area contributed by atoms with E-state index in [1.807, 2.05) is 92.1 Å². The van der Waals surface area contributed by atoms with Gasteiger partial charge in [0.25, 0.3) is 0 Å². The van der Waals surface area contributed by atoms with Gasteiger partial charge in [-0.25, -0.2) is 0 Å². The predicted octanol–water partition coefficient (Wildman–Crippen LogP) is 12.2. The van der Waals surface area contributed by atoms with Crippen LogP contribution in [0.4, 0.5) is 0 Å². The summed E-state index contributed by atoms with van der Waals surface area (Å²) in [5, 5.41) is 2.73. The minimum atomic E-state index is -0.583. The smallest absolute Gasteiger partial charge is 0.323 e. The molecule has 0 bridgehead atoms. The summed E-state index contributed by atoms with van der Waals surface area (Å²) in [5.41, 5.74) is 5.24. The van der Waals surface area contributed by atoms with Crippen molar-refractivity contribution >= 4 is 32.7 Å². The van der Waals surface area contributed by atoms with Crippen molar-refractivity contribution in [3.63, 3.8) is 0 Å². The van der Waals surface area contributed by atoms with Crippen LogP contribution in [0, 0.1) is 23.7 Å². The Kier molecular flexibility index (Phi) is 16.9. The van der Waals surface area contributed by atoms with E-state index in [0.717, 1.165) is 99.8 Å². The van der Waals surface area contributed by atoms with Crippen LogP contribution in [0.25, 0.3) is 32.7 Å². The topological polar surface area (TPSA) is 126 Å². The van der Waals surface area contributed by atoms with Gasteiger partial charge in [0.05, 0.1) is 43.9 Å². The quantitative estimate of drug-likeness (QED) is 0.0565. The Morgan fingerprint density at radius 1 is 0.708 bits per heavy atom. The van der Waals surface area contributed by atoms with E-state index < -0.39 is 18.3 Å². The average molecular weight is 974 g/mol. The minimum Gasteiger partial charge on any atom is -0.497 e. The van der Waals surface area contributed by atoms with Crippen molar-refractivity contribution in [1.29, 1.82) is 0 Å². The molecule has 1 aliphatic rings. The monoisotopic (exact) mass is 974 g/mol. The third-order valence-electron chi connectivity index (χ3n) is 14.9. The third-order valence-corrected chi connectivity index (χ3v) is 14.9. The highest BCUT2D eigenvalue weighted by Crippen LogP contribution is 2.38. The van der Waals surface area contributed by atoms with Crippen molar-refractivity contribution < 1.29 is 28.4 Å². The molecule has 7 aromatic rings.